The summed E-state index contributed by atoms with van der Waals surface area (Å²) in [6.07, 6.45) is 3.52. The fourth-order valence-corrected chi connectivity index (χ4v) is 7.41. The van der Waals surface area contributed by atoms with Crippen LogP contribution in [-0.2, 0) is 19.1 Å². The van der Waals surface area contributed by atoms with Crippen LogP contribution < -0.4 is 0 Å². The topological polar surface area (TPSA) is 60.4 Å². The van der Waals surface area contributed by atoms with Gasteiger partial charge >= 0.3 is 12.1 Å². The number of Topliss-reactive ketones (excluding diaryl/α,β-unsaturated/α-hetero) is 1. The minimum absolute atomic E-state index is 0.0441. The fraction of sp³-hybridized carbons (Fsp3) is 0.783. The van der Waals surface area contributed by atoms with Crippen molar-refractivity contribution >= 4 is 17.5 Å². The smallest absolute Gasteiger partial charge is 0.451 e. The molecule has 4 aliphatic carbocycles. The van der Waals surface area contributed by atoms with Crippen LogP contribution in [0.2, 0.25) is 0 Å². The second-order valence-electron chi connectivity index (χ2n) is 10.2. The van der Waals surface area contributed by atoms with Gasteiger partial charge in [-0.05, 0) is 79.6 Å². The molecule has 7 heteroatoms. The highest BCUT2D eigenvalue weighted by molar-refractivity contribution is 5.91. The predicted molar refractivity (Wildman–Crippen MR) is 102 cm³/mol. The molecule has 0 unspecified atom stereocenters. The minimum atomic E-state index is -5.08. The van der Waals surface area contributed by atoms with E-state index in [1.54, 1.807) is 0 Å². The molecular weight excluding hydrogens is 397 g/mol. The maximum absolute atomic E-state index is 12.7. The molecule has 0 amide bonds. The molecule has 0 bridgehead atoms. The average Bonchev–Trinajstić information content (AvgIpc) is 3.03. The monoisotopic (exact) mass is 426 g/mol. The predicted octanol–water partition coefficient (Wildman–Crippen LogP) is 4.81. The zero-order chi connectivity index (χ0) is 21.9. The van der Waals surface area contributed by atoms with Crippen molar-refractivity contribution in [2.24, 2.45) is 34.5 Å². The SMILES string of the molecule is C[C@]12CC[C@H]3[C@@H](CCC4=CC(=O)CC[C@@]43C)[C@@H]1CC[C@@H]2C(=O)COC(=O)C(F)(F)F. The zero-order valence-corrected chi connectivity index (χ0v) is 17.5. The summed E-state index contributed by atoms with van der Waals surface area (Å²) in [7, 11) is 0. The molecule has 0 saturated heterocycles. The molecule has 4 rings (SSSR count). The minimum Gasteiger partial charge on any atom is -0.451 e. The molecule has 30 heavy (non-hydrogen) atoms. The lowest BCUT2D eigenvalue weighted by Crippen LogP contribution is -2.51. The van der Waals surface area contributed by atoms with Gasteiger partial charge in [0.1, 0.15) is 0 Å². The van der Waals surface area contributed by atoms with Gasteiger partial charge in [0.05, 0.1) is 0 Å². The van der Waals surface area contributed by atoms with Crippen LogP contribution in [0.15, 0.2) is 11.6 Å². The summed E-state index contributed by atoms with van der Waals surface area (Å²) in [5, 5.41) is 0. The Labute approximate surface area is 174 Å². The molecule has 3 saturated carbocycles. The zero-order valence-electron chi connectivity index (χ0n) is 17.5. The molecule has 4 aliphatic rings. The van der Waals surface area contributed by atoms with Crippen LogP contribution >= 0.6 is 0 Å². The quantitative estimate of drug-likeness (QED) is 0.608. The number of ketones is 2. The van der Waals surface area contributed by atoms with Crippen LogP contribution in [0.3, 0.4) is 0 Å². The van der Waals surface area contributed by atoms with Gasteiger partial charge < -0.3 is 4.74 Å². The van der Waals surface area contributed by atoms with Crippen LogP contribution in [0, 0.1) is 34.5 Å². The summed E-state index contributed by atoms with van der Waals surface area (Å²) < 4.78 is 41.4. The van der Waals surface area contributed by atoms with Crippen molar-refractivity contribution in [2.45, 2.75) is 71.4 Å². The third-order valence-corrected chi connectivity index (χ3v) is 8.93. The number of alkyl halides is 3. The molecule has 3 fully saturated rings. The first-order valence-corrected chi connectivity index (χ1v) is 11.0. The van der Waals surface area contributed by atoms with Crippen molar-refractivity contribution in [1.29, 1.82) is 0 Å². The highest BCUT2D eigenvalue weighted by Gasteiger charge is 2.60. The molecule has 4 nitrogen and oxygen atoms in total. The number of hydrogen-bond donors (Lipinski definition) is 0. The van der Waals surface area contributed by atoms with Crippen molar-refractivity contribution < 1.29 is 32.3 Å². The lowest BCUT2D eigenvalue weighted by atomic mass is 9.46. The van der Waals surface area contributed by atoms with E-state index in [0.29, 0.717) is 30.6 Å². The highest BCUT2D eigenvalue weighted by Crippen LogP contribution is 2.66. The van der Waals surface area contributed by atoms with E-state index in [4.69, 9.17) is 0 Å². The number of hydrogen-bond acceptors (Lipinski definition) is 4. The van der Waals surface area contributed by atoms with Gasteiger partial charge in [-0.25, -0.2) is 4.79 Å². The number of carbonyl (C=O) groups excluding carboxylic acids is 3. The van der Waals surface area contributed by atoms with E-state index in [1.165, 1.54) is 5.57 Å². The largest absolute Gasteiger partial charge is 0.490 e. The van der Waals surface area contributed by atoms with Crippen LogP contribution in [-0.4, -0.2) is 30.3 Å². The van der Waals surface area contributed by atoms with Crippen LogP contribution in [0.1, 0.15) is 65.2 Å². The van der Waals surface area contributed by atoms with E-state index in [2.05, 4.69) is 18.6 Å². The van der Waals surface area contributed by atoms with Crippen molar-refractivity contribution in [3.8, 4) is 0 Å². The molecule has 0 N–H and O–H groups in total. The Morgan fingerprint density at radius 2 is 1.80 bits per heavy atom. The second-order valence-corrected chi connectivity index (χ2v) is 10.2. The third kappa shape index (κ3) is 3.32. The number of halogens is 3. The van der Waals surface area contributed by atoms with Gasteiger partial charge in [-0.2, -0.15) is 13.2 Å². The van der Waals surface area contributed by atoms with Gasteiger partial charge in [0.2, 0.25) is 0 Å². The number of ether oxygens (including phenoxy) is 1. The van der Waals surface area contributed by atoms with Gasteiger partial charge in [0, 0.05) is 12.3 Å². The van der Waals surface area contributed by atoms with Gasteiger partial charge in [-0.3, -0.25) is 9.59 Å². The normalized spacial score (nSPS) is 40.7. The summed E-state index contributed by atoms with van der Waals surface area (Å²) in [6.45, 7) is 3.60. The molecule has 166 valence electrons. The van der Waals surface area contributed by atoms with Crippen molar-refractivity contribution in [3.05, 3.63) is 11.6 Å². The first-order valence-electron chi connectivity index (χ1n) is 11.0. The van der Waals surface area contributed by atoms with Gasteiger partial charge in [0.25, 0.3) is 0 Å². The first kappa shape index (κ1) is 21.6. The fourth-order valence-electron chi connectivity index (χ4n) is 7.41. The second kappa shape index (κ2) is 7.20. The van der Waals surface area contributed by atoms with Gasteiger partial charge in [-0.1, -0.05) is 19.4 Å². The van der Waals surface area contributed by atoms with Crippen molar-refractivity contribution in [2.75, 3.05) is 6.61 Å². The standard InChI is InChI=1S/C23H29F3O4/c1-21-9-7-14(27)11-13(21)3-4-15-16-5-6-18(22(16,2)10-8-17(15)21)19(28)12-30-20(29)23(24,25)26/h11,15-18H,3-10,12H2,1-2H3/t15-,16-,17-,18+,21-,22-/m0/s1. The van der Waals surface area contributed by atoms with E-state index in [-0.39, 0.29) is 28.3 Å². The summed E-state index contributed by atoms with van der Waals surface area (Å²) in [5.74, 6) is -1.52. The van der Waals surface area contributed by atoms with E-state index in [9.17, 15) is 27.6 Å². The Hall–Kier alpha value is -1.66. The van der Waals surface area contributed by atoms with E-state index in [0.717, 1.165) is 38.5 Å². The first-order chi connectivity index (χ1) is 14.0. The Morgan fingerprint density at radius 3 is 2.50 bits per heavy atom. The average molecular weight is 426 g/mol. The molecule has 0 aliphatic heterocycles. The number of allylic oxidation sites excluding steroid dienone is 1. The molecule has 0 radical (unpaired) electrons. The Kier molecular flexibility index (Phi) is 5.17. The Morgan fingerprint density at radius 1 is 1.07 bits per heavy atom. The van der Waals surface area contributed by atoms with Gasteiger partial charge in [0.15, 0.2) is 18.2 Å². The summed E-state index contributed by atoms with van der Waals surface area (Å²) in [5.41, 5.74) is 1.07. The molecule has 0 spiro atoms. The van der Waals surface area contributed by atoms with Crippen molar-refractivity contribution in [1.82, 2.24) is 0 Å². The van der Waals surface area contributed by atoms with Crippen molar-refractivity contribution in [3.63, 3.8) is 0 Å². The molecule has 0 aromatic rings. The van der Waals surface area contributed by atoms with Crippen LogP contribution in [0.4, 0.5) is 13.2 Å². The van der Waals surface area contributed by atoms with Gasteiger partial charge in [-0.15, -0.1) is 0 Å². The molecule has 0 heterocycles. The third-order valence-electron chi connectivity index (χ3n) is 8.93. The summed E-state index contributed by atoms with van der Waals surface area (Å²) in [6, 6.07) is 0. The summed E-state index contributed by atoms with van der Waals surface area (Å²) >= 11 is 0. The molecule has 6 atom stereocenters. The van der Waals surface area contributed by atoms with E-state index in [1.807, 2.05) is 6.08 Å². The lowest BCUT2D eigenvalue weighted by Gasteiger charge is -2.58. The maximum Gasteiger partial charge on any atom is 0.490 e. The van der Waals surface area contributed by atoms with E-state index >= 15 is 0 Å². The highest BCUT2D eigenvalue weighted by atomic mass is 19.4. The van der Waals surface area contributed by atoms with E-state index < -0.39 is 18.8 Å². The Bertz CT molecular complexity index is 801. The molecular formula is C23H29F3O4. The lowest BCUT2D eigenvalue weighted by molar-refractivity contribution is -0.200. The molecule has 0 aromatic heterocycles. The number of fused-ring (bicyclic) bond motifs is 5. The molecule has 0 aromatic carbocycles. The summed E-state index contributed by atoms with van der Waals surface area (Å²) in [4.78, 5) is 35.7. The maximum atomic E-state index is 12.7. The number of rotatable bonds is 3. The number of esters is 1. The van der Waals surface area contributed by atoms with Crippen LogP contribution in [0.5, 0.6) is 0 Å². The van der Waals surface area contributed by atoms with Crippen LogP contribution in [0.25, 0.3) is 0 Å². The Balaban J connectivity index is 1.49. The number of carbonyl (C=O) groups is 3.